The molecule has 5 nitrogen and oxygen atoms in total. The Bertz CT molecular complexity index is 1040. The summed E-state index contributed by atoms with van der Waals surface area (Å²) >= 11 is 1.69. The molecule has 1 unspecified atom stereocenters. The standard InChI is InChI=1S/C21H17N3O2S/c1-13-11-15(26-14-5-3-2-4-6-14)7-8-17(13)24-18-9-10-22-20-19(18)16(12-27-20)23-21(24)25/h2-11,16H,12H2,1H3,(H,23,25). The number of amides is 2. The highest BCUT2D eigenvalue weighted by Gasteiger charge is 2.38. The molecule has 1 N–H and O–H groups in total. The predicted molar refractivity (Wildman–Crippen MR) is 106 cm³/mol. The second-order valence-electron chi connectivity index (χ2n) is 6.56. The zero-order chi connectivity index (χ0) is 18.4. The molecule has 1 aromatic heterocycles. The number of rotatable bonds is 3. The summed E-state index contributed by atoms with van der Waals surface area (Å²) in [5.41, 5.74) is 3.84. The van der Waals surface area contributed by atoms with Crippen LogP contribution in [0.5, 0.6) is 11.5 Å². The Balaban J connectivity index is 1.53. The van der Waals surface area contributed by atoms with Crippen LogP contribution in [0.15, 0.2) is 65.8 Å². The molecule has 2 aliphatic rings. The van der Waals surface area contributed by atoms with Gasteiger partial charge < -0.3 is 10.1 Å². The minimum Gasteiger partial charge on any atom is -0.457 e. The largest absolute Gasteiger partial charge is 0.457 e. The van der Waals surface area contributed by atoms with Crippen molar-refractivity contribution in [3.05, 3.63) is 71.9 Å². The van der Waals surface area contributed by atoms with Crippen LogP contribution < -0.4 is 15.0 Å². The third kappa shape index (κ3) is 2.73. The molecule has 0 bridgehead atoms. The number of ether oxygens (including phenoxy) is 1. The number of thioether (sulfide) groups is 1. The molecular weight excluding hydrogens is 358 g/mol. The van der Waals surface area contributed by atoms with Crippen molar-refractivity contribution in [3.63, 3.8) is 0 Å². The first-order valence-electron chi connectivity index (χ1n) is 8.76. The minimum absolute atomic E-state index is 0.0402. The van der Waals surface area contributed by atoms with Gasteiger partial charge in [0.25, 0.3) is 0 Å². The van der Waals surface area contributed by atoms with Gasteiger partial charge in [0.15, 0.2) is 0 Å². The van der Waals surface area contributed by atoms with Crippen LogP contribution in [0.3, 0.4) is 0 Å². The molecule has 5 rings (SSSR count). The van der Waals surface area contributed by atoms with Crippen molar-refractivity contribution in [1.29, 1.82) is 0 Å². The predicted octanol–water partition coefficient (Wildman–Crippen LogP) is 5.19. The van der Waals surface area contributed by atoms with Gasteiger partial charge in [-0.3, -0.25) is 4.90 Å². The number of aryl methyl sites for hydroxylation is 1. The molecule has 0 spiro atoms. The summed E-state index contributed by atoms with van der Waals surface area (Å²) in [6, 6.07) is 17.3. The fourth-order valence-electron chi connectivity index (χ4n) is 3.57. The first-order valence-corrected chi connectivity index (χ1v) is 9.75. The van der Waals surface area contributed by atoms with Crippen molar-refractivity contribution in [2.24, 2.45) is 0 Å². The molecule has 0 saturated carbocycles. The second-order valence-corrected chi connectivity index (χ2v) is 7.57. The number of aromatic nitrogens is 1. The average molecular weight is 375 g/mol. The van der Waals surface area contributed by atoms with E-state index in [4.69, 9.17) is 4.74 Å². The molecule has 2 aromatic carbocycles. The van der Waals surface area contributed by atoms with Crippen molar-refractivity contribution in [2.45, 2.75) is 18.0 Å². The molecule has 2 amide bonds. The molecule has 27 heavy (non-hydrogen) atoms. The SMILES string of the molecule is Cc1cc(Oc2ccccc2)ccc1N1C(=O)NC2CSc3nccc1c32. The van der Waals surface area contributed by atoms with E-state index >= 15 is 0 Å². The summed E-state index contributed by atoms with van der Waals surface area (Å²) in [5, 5.41) is 4.10. The van der Waals surface area contributed by atoms with Gasteiger partial charge in [-0.15, -0.1) is 11.8 Å². The van der Waals surface area contributed by atoms with E-state index in [2.05, 4.69) is 10.3 Å². The summed E-state index contributed by atoms with van der Waals surface area (Å²) in [6.45, 7) is 1.99. The lowest BCUT2D eigenvalue weighted by atomic mass is 10.0. The Kier molecular flexibility index (Phi) is 3.79. The van der Waals surface area contributed by atoms with Gasteiger partial charge in [-0.1, -0.05) is 18.2 Å². The van der Waals surface area contributed by atoms with Crippen LogP contribution in [-0.4, -0.2) is 16.8 Å². The second kappa shape index (κ2) is 6.32. The maximum Gasteiger partial charge on any atom is 0.327 e. The Morgan fingerprint density at radius 2 is 1.96 bits per heavy atom. The molecule has 0 aliphatic carbocycles. The number of hydrogen-bond acceptors (Lipinski definition) is 4. The van der Waals surface area contributed by atoms with Crippen LogP contribution in [-0.2, 0) is 0 Å². The van der Waals surface area contributed by atoms with Crippen LogP contribution in [0, 0.1) is 6.92 Å². The minimum atomic E-state index is -0.105. The average Bonchev–Trinajstić information content (AvgIpc) is 3.08. The number of hydrogen-bond donors (Lipinski definition) is 1. The Hall–Kier alpha value is -2.99. The van der Waals surface area contributed by atoms with E-state index in [1.165, 1.54) is 0 Å². The summed E-state index contributed by atoms with van der Waals surface area (Å²) < 4.78 is 5.91. The molecule has 1 atom stereocenters. The number of nitrogens with zero attached hydrogens (tertiary/aromatic N) is 2. The summed E-state index contributed by atoms with van der Waals surface area (Å²) in [5.74, 6) is 2.36. The van der Waals surface area contributed by atoms with Gasteiger partial charge >= 0.3 is 6.03 Å². The lowest BCUT2D eigenvalue weighted by Gasteiger charge is -2.33. The van der Waals surface area contributed by atoms with Crippen LogP contribution in [0.1, 0.15) is 17.2 Å². The number of benzene rings is 2. The van der Waals surface area contributed by atoms with Crippen LogP contribution in [0.25, 0.3) is 0 Å². The zero-order valence-electron chi connectivity index (χ0n) is 14.7. The molecule has 0 radical (unpaired) electrons. The summed E-state index contributed by atoms with van der Waals surface area (Å²) in [4.78, 5) is 19.0. The van der Waals surface area contributed by atoms with Gasteiger partial charge in [0.05, 0.1) is 17.4 Å². The highest BCUT2D eigenvalue weighted by Crippen LogP contribution is 2.47. The first kappa shape index (κ1) is 16.2. The van der Waals surface area contributed by atoms with Crippen molar-refractivity contribution < 1.29 is 9.53 Å². The molecule has 3 heterocycles. The van der Waals surface area contributed by atoms with Crippen LogP contribution in [0.4, 0.5) is 16.2 Å². The summed E-state index contributed by atoms with van der Waals surface area (Å²) in [6.07, 6.45) is 1.78. The number of anilines is 2. The number of urea groups is 1. The van der Waals surface area contributed by atoms with Crippen molar-refractivity contribution >= 4 is 29.2 Å². The normalized spacial score (nSPS) is 17.4. The zero-order valence-corrected chi connectivity index (χ0v) is 15.5. The molecule has 3 aromatic rings. The molecule has 0 saturated heterocycles. The van der Waals surface area contributed by atoms with E-state index in [1.807, 2.05) is 61.5 Å². The third-order valence-electron chi connectivity index (χ3n) is 4.80. The van der Waals surface area contributed by atoms with Crippen molar-refractivity contribution in [1.82, 2.24) is 10.3 Å². The van der Waals surface area contributed by atoms with Crippen molar-refractivity contribution in [3.8, 4) is 11.5 Å². The monoisotopic (exact) mass is 375 g/mol. The molecule has 0 fully saturated rings. The highest BCUT2D eigenvalue weighted by atomic mass is 32.2. The van der Waals surface area contributed by atoms with Gasteiger partial charge in [0.1, 0.15) is 16.5 Å². The van der Waals surface area contributed by atoms with Gasteiger partial charge in [0, 0.05) is 17.5 Å². The van der Waals surface area contributed by atoms with E-state index in [0.29, 0.717) is 0 Å². The number of nitrogens with one attached hydrogen (secondary N) is 1. The van der Waals surface area contributed by atoms with Crippen LogP contribution in [0.2, 0.25) is 0 Å². The lowest BCUT2D eigenvalue weighted by molar-refractivity contribution is 0.244. The highest BCUT2D eigenvalue weighted by molar-refractivity contribution is 7.99. The van der Waals surface area contributed by atoms with Crippen molar-refractivity contribution in [2.75, 3.05) is 10.7 Å². The Morgan fingerprint density at radius 3 is 2.78 bits per heavy atom. The van der Waals surface area contributed by atoms with E-state index in [1.54, 1.807) is 22.9 Å². The fraction of sp³-hybridized carbons (Fsp3) is 0.143. The Morgan fingerprint density at radius 1 is 1.11 bits per heavy atom. The Labute approximate surface area is 161 Å². The van der Waals surface area contributed by atoms with Gasteiger partial charge in [0.2, 0.25) is 0 Å². The first-order chi connectivity index (χ1) is 13.2. The lowest BCUT2D eigenvalue weighted by Crippen LogP contribution is -2.44. The van der Waals surface area contributed by atoms with E-state index in [0.717, 1.165) is 44.8 Å². The smallest absolute Gasteiger partial charge is 0.327 e. The fourth-order valence-corrected chi connectivity index (χ4v) is 4.68. The van der Waals surface area contributed by atoms with Gasteiger partial charge in [-0.2, -0.15) is 0 Å². The molecule has 134 valence electrons. The molecule has 2 aliphatic heterocycles. The van der Waals surface area contributed by atoms with Gasteiger partial charge in [-0.05, 0) is 48.9 Å². The maximum absolute atomic E-state index is 12.8. The van der Waals surface area contributed by atoms with Gasteiger partial charge in [-0.25, -0.2) is 9.78 Å². The number of carbonyl (C=O) groups is 1. The maximum atomic E-state index is 12.8. The van der Waals surface area contributed by atoms with E-state index < -0.39 is 0 Å². The molecule has 6 heteroatoms. The molecular formula is C21H17N3O2S. The summed E-state index contributed by atoms with van der Waals surface area (Å²) in [7, 11) is 0. The third-order valence-corrected chi connectivity index (χ3v) is 5.89. The number of pyridine rings is 1. The van der Waals surface area contributed by atoms with E-state index in [-0.39, 0.29) is 12.1 Å². The number of para-hydroxylation sites is 1. The van der Waals surface area contributed by atoms with E-state index in [9.17, 15) is 4.79 Å². The quantitative estimate of drug-likeness (QED) is 0.684. The van der Waals surface area contributed by atoms with Crippen LogP contribution >= 0.6 is 11.8 Å². The topological polar surface area (TPSA) is 54.5 Å². The number of carbonyl (C=O) groups excluding carboxylic acids is 1.